The van der Waals surface area contributed by atoms with E-state index in [0.717, 1.165) is 0 Å². The smallest absolute Gasteiger partial charge is 0.223 e. The van der Waals surface area contributed by atoms with Crippen molar-refractivity contribution in [3.63, 3.8) is 0 Å². The van der Waals surface area contributed by atoms with Gasteiger partial charge in [-0.05, 0) is 12.8 Å². The number of rotatable bonds is 4. The molecule has 12 heavy (non-hydrogen) atoms. The molecule has 2 heteroatoms. The predicted molar refractivity (Wildman–Crippen MR) is 50.5 cm³/mol. The largest absolute Gasteiger partial charge is 0.332 e. The van der Waals surface area contributed by atoms with Gasteiger partial charge in [0.25, 0.3) is 0 Å². The third-order valence-electron chi connectivity index (χ3n) is 1.60. The first kappa shape index (κ1) is 11.0. The number of carbonyl (C=O) groups is 1. The fourth-order valence-corrected chi connectivity index (χ4v) is 0.965. The van der Waals surface area contributed by atoms with E-state index >= 15 is 0 Å². The Balaban J connectivity index is 3.96. The highest BCUT2D eigenvalue weighted by Gasteiger charge is 2.11. The van der Waals surface area contributed by atoms with E-state index in [1.54, 1.807) is 4.90 Å². The average molecular weight is 167 g/mol. The molecule has 0 unspecified atom stereocenters. The molecule has 0 fully saturated rings. The molecule has 0 radical (unpaired) electrons. The van der Waals surface area contributed by atoms with Gasteiger partial charge in [0.05, 0.1) is 6.54 Å². The summed E-state index contributed by atoms with van der Waals surface area (Å²) < 4.78 is 0. The van der Waals surface area contributed by atoms with Crippen LogP contribution in [0.5, 0.6) is 0 Å². The van der Waals surface area contributed by atoms with E-state index in [0.29, 0.717) is 25.4 Å². The van der Waals surface area contributed by atoms with Crippen molar-refractivity contribution >= 4 is 5.91 Å². The third kappa shape index (κ3) is 4.02. The molecule has 0 aliphatic carbocycles. The van der Waals surface area contributed by atoms with Crippen molar-refractivity contribution in [1.82, 2.24) is 4.90 Å². The molecule has 0 aromatic heterocycles. The molecule has 1 amide bonds. The predicted octanol–water partition coefficient (Wildman–Crippen LogP) is 1.51. The van der Waals surface area contributed by atoms with Gasteiger partial charge in [-0.25, -0.2) is 0 Å². The van der Waals surface area contributed by atoms with Crippen LogP contribution in [0.1, 0.15) is 27.2 Å². The lowest BCUT2D eigenvalue weighted by Crippen LogP contribution is -2.31. The van der Waals surface area contributed by atoms with Gasteiger partial charge in [-0.3, -0.25) is 4.79 Å². The summed E-state index contributed by atoms with van der Waals surface area (Å²) in [6.45, 7) is 7.14. The summed E-state index contributed by atoms with van der Waals surface area (Å²) in [7, 11) is 0. The zero-order chi connectivity index (χ0) is 9.56. The highest BCUT2D eigenvalue weighted by Crippen LogP contribution is 2.03. The Bertz CT molecular complexity index is 179. The number of nitrogens with zero attached hydrogens (tertiary/aromatic N) is 1. The van der Waals surface area contributed by atoms with Gasteiger partial charge in [0, 0.05) is 13.0 Å². The summed E-state index contributed by atoms with van der Waals surface area (Å²) in [5.41, 5.74) is 0. The molecule has 0 heterocycles. The van der Waals surface area contributed by atoms with Gasteiger partial charge in [0.2, 0.25) is 5.91 Å². The molecule has 0 rings (SSSR count). The van der Waals surface area contributed by atoms with Crippen molar-refractivity contribution in [1.29, 1.82) is 0 Å². The van der Waals surface area contributed by atoms with Crippen molar-refractivity contribution in [2.75, 3.05) is 13.1 Å². The second kappa shape index (κ2) is 5.65. The van der Waals surface area contributed by atoms with Gasteiger partial charge in [-0.1, -0.05) is 19.8 Å². The molecule has 2 nitrogen and oxygen atoms in total. The first-order chi connectivity index (χ1) is 5.61. The van der Waals surface area contributed by atoms with E-state index in [2.05, 4.69) is 5.92 Å². The maximum Gasteiger partial charge on any atom is 0.223 e. The highest BCUT2D eigenvalue weighted by molar-refractivity contribution is 5.76. The van der Waals surface area contributed by atoms with Gasteiger partial charge in [0.15, 0.2) is 0 Å². The van der Waals surface area contributed by atoms with Crippen LogP contribution in [-0.4, -0.2) is 23.9 Å². The minimum atomic E-state index is 0.158. The van der Waals surface area contributed by atoms with Crippen molar-refractivity contribution in [3.8, 4) is 12.3 Å². The zero-order valence-corrected chi connectivity index (χ0v) is 8.13. The van der Waals surface area contributed by atoms with E-state index in [9.17, 15) is 4.79 Å². The number of hydrogen-bond acceptors (Lipinski definition) is 1. The van der Waals surface area contributed by atoms with Crippen LogP contribution in [0.15, 0.2) is 0 Å². The van der Waals surface area contributed by atoms with Crippen molar-refractivity contribution in [2.24, 2.45) is 5.92 Å². The molecule has 0 spiro atoms. The van der Waals surface area contributed by atoms with Gasteiger partial charge < -0.3 is 4.90 Å². The Morgan fingerprint density at radius 2 is 2.17 bits per heavy atom. The van der Waals surface area contributed by atoms with Crippen LogP contribution in [0.25, 0.3) is 0 Å². The lowest BCUT2D eigenvalue weighted by molar-refractivity contribution is -0.131. The molecule has 68 valence electrons. The first-order valence-corrected chi connectivity index (χ1v) is 4.33. The van der Waals surface area contributed by atoms with E-state index in [4.69, 9.17) is 6.42 Å². The van der Waals surface area contributed by atoms with E-state index in [1.807, 2.05) is 20.8 Å². The van der Waals surface area contributed by atoms with Crippen LogP contribution in [0, 0.1) is 18.3 Å². The second-order valence-electron chi connectivity index (χ2n) is 3.21. The Labute approximate surface area is 74.9 Å². The summed E-state index contributed by atoms with van der Waals surface area (Å²) in [5.74, 6) is 3.04. The molecule has 0 aliphatic rings. The number of carbonyl (C=O) groups excluding carboxylic acids is 1. The minimum Gasteiger partial charge on any atom is -0.332 e. The molecule has 0 aromatic rings. The first-order valence-electron chi connectivity index (χ1n) is 4.33. The maximum atomic E-state index is 11.4. The van der Waals surface area contributed by atoms with Crippen LogP contribution < -0.4 is 0 Å². The van der Waals surface area contributed by atoms with Crippen molar-refractivity contribution < 1.29 is 4.79 Å². The molecule has 0 bridgehead atoms. The lowest BCUT2D eigenvalue weighted by Gasteiger charge is -2.18. The van der Waals surface area contributed by atoms with Gasteiger partial charge in [-0.2, -0.15) is 0 Å². The molecule has 0 saturated heterocycles. The summed E-state index contributed by atoms with van der Waals surface area (Å²) in [6.07, 6.45) is 5.72. The Hall–Kier alpha value is -0.970. The van der Waals surface area contributed by atoms with E-state index in [1.165, 1.54) is 0 Å². The van der Waals surface area contributed by atoms with Crippen LogP contribution in [0.2, 0.25) is 0 Å². The molecule has 0 aromatic carbocycles. The fraction of sp³-hybridized carbons (Fsp3) is 0.700. The third-order valence-corrected chi connectivity index (χ3v) is 1.60. The molecule has 0 saturated carbocycles. The summed E-state index contributed by atoms with van der Waals surface area (Å²) >= 11 is 0. The normalized spacial score (nSPS) is 9.58. The monoisotopic (exact) mass is 167 g/mol. The molecular formula is C10H17NO. The number of terminal acetylenes is 1. The maximum absolute atomic E-state index is 11.4. The Morgan fingerprint density at radius 3 is 2.50 bits per heavy atom. The quantitative estimate of drug-likeness (QED) is 0.581. The second-order valence-corrected chi connectivity index (χ2v) is 3.21. The number of hydrogen-bond donors (Lipinski definition) is 0. The molecule has 0 aliphatic heterocycles. The lowest BCUT2D eigenvalue weighted by atomic mass is 10.1. The summed E-state index contributed by atoms with van der Waals surface area (Å²) in [6, 6.07) is 0. The van der Waals surface area contributed by atoms with E-state index < -0.39 is 0 Å². The zero-order valence-electron chi connectivity index (χ0n) is 8.13. The Morgan fingerprint density at radius 1 is 1.58 bits per heavy atom. The van der Waals surface area contributed by atoms with E-state index in [-0.39, 0.29) is 5.91 Å². The van der Waals surface area contributed by atoms with Gasteiger partial charge in [-0.15, -0.1) is 6.42 Å². The summed E-state index contributed by atoms with van der Waals surface area (Å²) in [4.78, 5) is 13.1. The minimum absolute atomic E-state index is 0.158. The van der Waals surface area contributed by atoms with Crippen LogP contribution in [0.4, 0.5) is 0 Å². The standard InChI is InChI=1S/C10H17NO/c1-5-7-11(6-2)10(12)8-9(3)4/h1,9H,6-8H2,2-4H3. The highest BCUT2D eigenvalue weighted by atomic mass is 16.2. The van der Waals surface area contributed by atoms with Crippen LogP contribution in [-0.2, 0) is 4.79 Å². The van der Waals surface area contributed by atoms with Gasteiger partial charge >= 0.3 is 0 Å². The van der Waals surface area contributed by atoms with Crippen molar-refractivity contribution in [2.45, 2.75) is 27.2 Å². The number of amides is 1. The SMILES string of the molecule is C#CCN(CC)C(=O)CC(C)C. The fourth-order valence-electron chi connectivity index (χ4n) is 0.965. The Kier molecular flexibility index (Phi) is 5.19. The molecule has 0 atom stereocenters. The van der Waals surface area contributed by atoms with Crippen molar-refractivity contribution in [3.05, 3.63) is 0 Å². The topological polar surface area (TPSA) is 20.3 Å². The molecular weight excluding hydrogens is 150 g/mol. The van der Waals surface area contributed by atoms with Crippen LogP contribution >= 0.6 is 0 Å². The molecule has 0 N–H and O–H groups in total. The average Bonchev–Trinajstić information content (AvgIpc) is 1.98. The summed E-state index contributed by atoms with van der Waals surface area (Å²) in [5, 5.41) is 0. The van der Waals surface area contributed by atoms with Gasteiger partial charge in [0.1, 0.15) is 0 Å². The van der Waals surface area contributed by atoms with Crippen LogP contribution in [0.3, 0.4) is 0 Å².